The van der Waals surface area contributed by atoms with Gasteiger partial charge in [-0.05, 0) is 6.54 Å². The number of methoxy groups -OCH3 is 1. The molecule has 0 heterocycles. The van der Waals surface area contributed by atoms with Gasteiger partial charge in [0.2, 0.25) is 11.8 Å². The number of amides is 2. The monoisotopic (exact) mass is 245 g/mol. The van der Waals surface area contributed by atoms with Gasteiger partial charge < -0.3 is 15.8 Å². The van der Waals surface area contributed by atoms with E-state index in [1.807, 2.05) is 6.92 Å². The molecule has 0 fully saturated rings. The third kappa shape index (κ3) is 6.52. The van der Waals surface area contributed by atoms with Gasteiger partial charge in [-0.15, -0.1) is 0 Å². The predicted octanol–water partition coefficient (Wildman–Crippen LogP) is -1.53. The maximum absolute atomic E-state index is 11.4. The van der Waals surface area contributed by atoms with Crippen LogP contribution in [0.5, 0.6) is 0 Å². The Labute approximate surface area is 100 Å². The first-order valence-electron chi connectivity index (χ1n) is 5.26. The Morgan fingerprint density at radius 3 is 2.35 bits per heavy atom. The van der Waals surface area contributed by atoms with Crippen molar-refractivity contribution in [3.8, 4) is 0 Å². The van der Waals surface area contributed by atoms with E-state index in [1.165, 1.54) is 14.0 Å². The summed E-state index contributed by atoms with van der Waals surface area (Å²) in [7, 11) is 1.24. The van der Waals surface area contributed by atoms with E-state index in [9.17, 15) is 14.4 Å². The van der Waals surface area contributed by atoms with Crippen LogP contribution in [-0.2, 0) is 19.1 Å². The van der Waals surface area contributed by atoms with Crippen molar-refractivity contribution in [2.45, 2.75) is 19.9 Å². The highest BCUT2D eigenvalue weighted by Crippen LogP contribution is 1.95. The minimum Gasteiger partial charge on any atom is -0.467 e. The van der Waals surface area contributed by atoms with Gasteiger partial charge in [0.1, 0.15) is 6.04 Å². The largest absolute Gasteiger partial charge is 0.467 e. The lowest BCUT2D eigenvalue weighted by atomic mass is 10.2. The molecule has 0 rings (SSSR count). The number of hydrogen-bond donors (Lipinski definition) is 2. The fraction of sp³-hybridized carbons (Fsp3) is 0.700. The first kappa shape index (κ1) is 15.4. The molecule has 0 bridgehead atoms. The summed E-state index contributed by atoms with van der Waals surface area (Å²) in [5.74, 6) is -1.38. The molecule has 0 aliphatic rings. The second-order valence-electron chi connectivity index (χ2n) is 3.57. The van der Waals surface area contributed by atoms with Crippen molar-refractivity contribution in [1.29, 1.82) is 0 Å². The average Bonchev–Trinajstić information content (AvgIpc) is 2.24. The molecule has 1 atom stereocenters. The van der Waals surface area contributed by atoms with E-state index >= 15 is 0 Å². The molecule has 0 aliphatic heterocycles. The highest BCUT2D eigenvalue weighted by molar-refractivity contribution is 5.83. The van der Waals surface area contributed by atoms with Crippen LogP contribution in [-0.4, -0.2) is 55.5 Å². The quantitative estimate of drug-likeness (QED) is 0.530. The summed E-state index contributed by atoms with van der Waals surface area (Å²) < 4.78 is 4.57. The van der Waals surface area contributed by atoms with Crippen LogP contribution < -0.4 is 11.1 Å². The van der Waals surface area contributed by atoms with Gasteiger partial charge >= 0.3 is 5.97 Å². The number of likely N-dealkylation sites (N-methyl/N-ethyl adjacent to an activating group) is 1. The predicted molar refractivity (Wildman–Crippen MR) is 60.9 cm³/mol. The topological polar surface area (TPSA) is 102 Å². The molecule has 98 valence electrons. The fourth-order valence-electron chi connectivity index (χ4n) is 1.35. The minimum absolute atomic E-state index is 0.0313. The molecule has 0 radical (unpaired) electrons. The summed E-state index contributed by atoms with van der Waals surface area (Å²) in [6, 6.07) is -0.795. The minimum atomic E-state index is -0.795. The number of rotatable bonds is 7. The third-order valence-electron chi connectivity index (χ3n) is 2.13. The van der Waals surface area contributed by atoms with E-state index in [-0.39, 0.29) is 19.0 Å². The van der Waals surface area contributed by atoms with E-state index in [1.54, 1.807) is 4.90 Å². The summed E-state index contributed by atoms with van der Waals surface area (Å²) in [6.45, 7) is 3.89. The first-order valence-corrected chi connectivity index (χ1v) is 5.26. The van der Waals surface area contributed by atoms with Crippen LogP contribution in [0.3, 0.4) is 0 Å². The van der Waals surface area contributed by atoms with E-state index in [0.717, 1.165) is 0 Å². The first-order chi connectivity index (χ1) is 7.90. The molecular formula is C10H19N3O4. The Hall–Kier alpha value is -1.63. The molecule has 7 nitrogen and oxygen atoms in total. The normalized spacial score (nSPS) is 12.0. The molecule has 0 saturated heterocycles. The van der Waals surface area contributed by atoms with Crippen LogP contribution in [0.1, 0.15) is 13.8 Å². The fourth-order valence-corrected chi connectivity index (χ4v) is 1.35. The number of hydrogen-bond acceptors (Lipinski definition) is 5. The van der Waals surface area contributed by atoms with Gasteiger partial charge in [0.15, 0.2) is 0 Å². The average molecular weight is 245 g/mol. The van der Waals surface area contributed by atoms with E-state index < -0.39 is 17.9 Å². The number of ether oxygens (including phenoxy) is 1. The summed E-state index contributed by atoms with van der Waals surface area (Å²) in [4.78, 5) is 34.8. The molecule has 1 unspecified atom stereocenters. The summed E-state index contributed by atoms with van der Waals surface area (Å²) in [5.41, 5.74) is 5.07. The second-order valence-corrected chi connectivity index (χ2v) is 3.57. The van der Waals surface area contributed by atoms with Crippen LogP contribution in [0.4, 0.5) is 0 Å². The van der Waals surface area contributed by atoms with Crippen LogP contribution in [0.15, 0.2) is 0 Å². The smallest absolute Gasteiger partial charge is 0.329 e. The summed E-state index contributed by atoms with van der Waals surface area (Å²) in [6.07, 6.45) is 0. The third-order valence-corrected chi connectivity index (χ3v) is 2.13. The number of esters is 1. The zero-order valence-corrected chi connectivity index (χ0v) is 10.4. The van der Waals surface area contributed by atoms with E-state index in [4.69, 9.17) is 5.73 Å². The van der Waals surface area contributed by atoms with Gasteiger partial charge in [-0.1, -0.05) is 6.92 Å². The Morgan fingerprint density at radius 2 is 2.00 bits per heavy atom. The molecule has 17 heavy (non-hydrogen) atoms. The number of nitrogens with one attached hydrogen (secondary N) is 1. The lowest BCUT2D eigenvalue weighted by molar-refractivity contribution is -0.145. The number of nitrogens with two attached hydrogens (primary N) is 1. The molecule has 3 N–H and O–H groups in total. The Morgan fingerprint density at radius 1 is 1.41 bits per heavy atom. The number of primary amides is 1. The van der Waals surface area contributed by atoms with Gasteiger partial charge in [0, 0.05) is 13.5 Å². The molecule has 0 aromatic rings. The highest BCUT2D eigenvalue weighted by Gasteiger charge is 2.23. The summed E-state index contributed by atoms with van der Waals surface area (Å²) >= 11 is 0. The van der Waals surface area contributed by atoms with Crippen molar-refractivity contribution in [2.75, 3.05) is 26.7 Å². The van der Waals surface area contributed by atoms with Crippen molar-refractivity contribution in [2.24, 2.45) is 5.73 Å². The van der Waals surface area contributed by atoms with Crippen LogP contribution in [0.25, 0.3) is 0 Å². The molecule has 7 heteroatoms. The SMILES string of the molecule is CCN(CC(N)=O)CC(NC(C)=O)C(=O)OC. The zero-order chi connectivity index (χ0) is 13.4. The van der Waals surface area contributed by atoms with Gasteiger partial charge in [0.25, 0.3) is 0 Å². The van der Waals surface area contributed by atoms with Gasteiger partial charge in [-0.2, -0.15) is 0 Å². The van der Waals surface area contributed by atoms with Crippen LogP contribution >= 0.6 is 0 Å². The molecule has 2 amide bonds. The second kappa shape index (κ2) is 7.61. The van der Waals surface area contributed by atoms with Crippen molar-refractivity contribution in [1.82, 2.24) is 10.2 Å². The highest BCUT2D eigenvalue weighted by atomic mass is 16.5. The number of carbonyl (C=O) groups excluding carboxylic acids is 3. The molecule has 0 aliphatic carbocycles. The number of carbonyl (C=O) groups is 3. The Bertz CT molecular complexity index is 293. The standard InChI is InChI=1S/C10H19N3O4/c1-4-13(6-9(11)15)5-8(10(16)17-3)12-7(2)14/h8H,4-6H2,1-3H3,(H2,11,15)(H,12,14). The van der Waals surface area contributed by atoms with Crippen LogP contribution in [0.2, 0.25) is 0 Å². The van der Waals surface area contributed by atoms with Gasteiger partial charge in [-0.25, -0.2) is 4.79 Å². The van der Waals surface area contributed by atoms with Gasteiger partial charge in [0.05, 0.1) is 13.7 Å². The molecular weight excluding hydrogens is 226 g/mol. The van der Waals surface area contributed by atoms with Crippen molar-refractivity contribution in [3.05, 3.63) is 0 Å². The lowest BCUT2D eigenvalue weighted by Crippen LogP contribution is -2.49. The summed E-state index contributed by atoms with van der Waals surface area (Å²) in [5, 5.41) is 2.46. The van der Waals surface area contributed by atoms with E-state index in [0.29, 0.717) is 6.54 Å². The maximum atomic E-state index is 11.4. The van der Waals surface area contributed by atoms with Crippen molar-refractivity contribution in [3.63, 3.8) is 0 Å². The van der Waals surface area contributed by atoms with Crippen molar-refractivity contribution >= 4 is 17.8 Å². The molecule has 0 spiro atoms. The van der Waals surface area contributed by atoms with Crippen LogP contribution in [0, 0.1) is 0 Å². The Balaban J connectivity index is 4.53. The van der Waals surface area contributed by atoms with Crippen molar-refractivity contribution < 1.29 is 19.1 Å². The maximum Gasteiger partial charge on any atom is 0.329 e. The molecule has 0 aromatic heterocycles. The van der Waals surface area contributed by atoms with E-state index in [2.05, 4.69) is 10.1 Å². The molecule has 0 saturated carbocycles. The molecule has 0 aromatic carbocycles. The zero-order valence-electron chi connectivity index (χ0n) is 10.4. The van der Waals surface area contributed by atoms with Gasteiger partial charge in [-0.3, -0.25) is 14.5 Å². The Kier molecular flexibility index (Phi) is 6.88. The lowest BCUT2D eigenvalue weighted by Gasteiger charge is -2.24. The number of nitrogens with zero attached hydrogens (tertiary/aromatic N) is 1.